The van der Waals surface area contributed by atoms with Crippen LogP contribution in [0.4, 0.5) is 0 Å². The van der Waals surface area contributed by atoms with Crippen LogP contribution in [0.5, 0.6) is 0 Å². The molecule has 1 heterocycles. The van der Waals surface area contributed by atoms with Crippen molar-refractivity contribution in [3.05, 3.63) is 41.1 Å². The van der Waals surface area contributed by atoms with E-state index in [0.717, 1.165) is 29.9 Å². The lowest BCUT2D eigenvalue weighted by atomic mass is 10.0. The van der Waals surface area contributed by atoms with E-state index < -0.39 is 0 Å². The predicted molar refractivity (Wildman–Crippen MR) is 85.2 cm³/mol. The van der Waals surface area contributed by atoms with Gasteiger partial charge in [-0.2, -0.15) is 0 Å². The standard InChI is InChI=1S/C18H22N2O2/c1-4-20(18(21)14-6-7-14)11-15-10-17(22-19-15)16-8-5-12(2)9-13(16)3/h5,8-10,14H,4,6-7,11H2,1-3H3. The van der Waals surface area contributed by atoms with E-state index >= 15 is 0 Å². The predicted octanol–water partition coefficient (Wildman–Crippen LogP) is 3.72. The molecule has 2 aromatic rings. The molecule has 1 fully saturated rings. The van der Waals surface area contributed by atoms with Gasteiger partial charge in [0, 0.05) is 24.1 Å². The molecule has 1 aliphatic rings. The van der Waals surface area contributed by atoms with E-state index in [9.17, 15) is 4.79 Å². The lowest BCUT2D eigenvalue weighted by molar-refractivity contribution is -0.133. The van der Waals surface area contributed by atoms with Crippen LogP contribution < -0.4 is 0 Å². The molecule has 1 amide bonds. The van der Waals surface area contributed by atoms with Crippen LogP contribution in [-0.4, -0.2) is 22.5 Å². The molecule has 3 rings (SSSR count). The summed E-state index contributed by atoms with van der Waals surface area (Å²) in [4.78, 5) is 14.0. The van der Waals surface area contributed by atoms with Crippen molar-refractivity contribution >= 4 is 5.91 Å². The summed E-state index contributed by atoms with van der Waals surface area (Å²) in [6.07, 6.45) is 2.06. The molecular formula is C18H22N2O2. The SMILES string of the molecule is CCN(Cc1cc(-c2ccc(C)cc2C)on1)C(=O)C1CC1. The molecule has 0 atom stereocenters. The van der Waals surface area contributed by atoms with Crippen molar-refractivity contribution in [1.82, 2.24) is 10.1 Å². The molecule has 22 heavy (non-hydrogen) atoms. The monoisotopic (exact) mass is 298 g/mol. The third-order valence-electron chi connectivity index (χ3n) is 4.18. The zero-order valence-electron chi connectivity index (χ0n) is 13.4. The lowest BCUT2D eigenvalue weighted by Gasteiger charge is -2.19. The quantitative estimate of drug-likeness (QED) is 0.845. The van der Waals surface area contributed by atoms with Gasteiger partial charge < -0.3 is 9.42 Å². The van der Waals surface area contributed by atoms with Gasteiger partial charge in [-0.05, 0) is 39.2 Å². The van der Waals surface area contributed by atoms with Gasteiger partial charge in [-0.1, -0.05) is 28.9 Å². The van der Waals surface area contributed by atoms with Crippen LogP contribution in [-0.2, 0) is 11.3 Å². The van der Waals surface area contributed by atoms with Crippen molar-refractivity contribution in [3.8, 4) is 11.3 Å². The van der Waals surface area contributed by atoms with E-state index in [0.29, 0.717) is 13.1 Å². The number of nitrogens with zero attached hydrogens (tertiary/aromatic N) is 2. The Balaban J connectivity index is 1.76. The highest BCUT2D eigenvalue weighted by atomic mass is 16.5. The molecule has 4 heteroatoms. The number of aromatic nitrogens is 1. The van der Waals surface area contributed by atoms with Crippen LogP contribution in [0.3, 0.4) is 0 Å². The largest absolute Gasteiger partial charge is 0.356 e. The van der Waals surface area contributed by atoms with Crippen molar-refractivity contribution in [1.29, 1.82) is 0 Å². The van der Waals surface area contributed by atoms with Crippen molar-refractivity contribution in [3.63, 3.8) is 0 Å². The molecule has 0 radical (unpaired) electrons. The first-order valence-corrected chi connectivity index (χ1v) is 7.90. The first-order valence-electron chi connectivity index (χ1n) is 7.90. The second-order valence-electron chi connectivity index (χ2n) is 6.13. The van der Waals surface area contributed by atoms with E-state index in [1.807, 2.05) is 17.9 Å². The zero-order chi connectivity index (χ0) is 15.7. The first kappa shape index (κ1) is 14.8. The normalized spacial score (nSPS) is 14.1. The number of rotatable bonds is 5. The first-order chi connectivity index (χ1) is 10.6. The Morgan fingerprint density at radius 3 is 2.73 bits per heavy atom. The van der Waals surface area contributed by atoms with Gasteiger partial charge in [-0.3, -0.25) is 4.79 Å². The van der Waals surface area contributed by atoms with Gasteiger partial charge in [0.2, 0.25) is 5.91 Å². The van der Waals surface area contributed by atoms with Crippen molar-refractivity contribution in [2.45, 2.75) is 40.2 Å². The Bertz CT molecular complexity index is 686. The van der Waals surface area contributed by atoms with Crippen molar-refractivity contribution < 1.29 is 9.32 Å². The van der Waals surface area contributed by atoms with Crippen molar-refractivity contribution in [2.75, 3.05) is 6.54 Å². The molecule has 0 N–H and O–H groups in total. The zero-order valence-corrected chi connectivity index (χ0v) is 13.4. The minimum absolute atomic E-state index is 0.241. The topological polar surface area (TPSA) is 46.3 Å². The number of carbonyl (C=O) groups excluding carboxylic acids is 1. The van der Waals surface area contributed by atoms with Crippen LogP contribution in [0.2, 0.25) is 0 Å². The van der Waals surface area contributed by atoms with Crippen molar-refractivity contribution in [2.24, 2.45) is 5.92 Å². The lowest BCUT2D eigenvalue weighted by Crippen LogP contribution is -2.31. The molecule has 1 saturated carbocycles. The summed E-state index contributed by atoms with van der Waals surface area (Å²) in [5, 5.41) is 4.14. The minimum Gasteiger partial charge on any atom is -0.356 e. The van der Waals surface area contributed by atoms with Gasteiger partial charge in [0.25, 0.3) is 0 Å². The molecule has 116 valence electrons. The number of aryl methyl sites for hydroxylation is 2. The van der Waals surface area contributed by atoms with Gasteiger partial charge in [0.1, 0.15) is 5.69 Å². The van der Waals surface area contributed by atoms with E-state index in [4.69, 9.17) is 4.52 Å². The molecule has 4 nitrogen and oxygen atoms in total. The molecular weight excluding hydrogens is 276 g/mol. The average molecular weight is 298 g/mol. The Morgan fingerprint density at radius 1 is 1.32 bits per heavy atom. The molecule has 1 aliphatic carbocycles. The fourth-order valence-electron chi connectivity index (χ4n) is 2.73. The highest BCUT2D eigenvalue weighted by Gasteiger charge is 2.33. The number of hydrogen-bond acceptors (Lipinski definition) is 3. The Kier molecular flexibility index (Phi) is 4.01. The number of amides is 1. The highest BCUT2D eigenvalue weighted by molar-refractivity contribution is 5.81. The molecule has 1 aromatic carbocycles. The van der Waals surface area contributed by atoms with Gasteiger partial charge in [-0.25, -0.2) is 0 Å². The number of hydrogen-bond donors (Lipinski definition) is 0. The minimum atomic E-state index is 0.241. The summed E-state index contributed by atoms with van der Waals surface area (Å²) in [7, 11) is 0. The highest BCUT2D eigenvalue weighted by Crippen LogP contribution is 2.31. The maximum Gasteiger partial charge on any atom is 0.226 e. The summed E-state index contributed by atoms with van der Waals surface area (Å²) >= 11 is 0. The Labute approximate surface area is 131 Å². The maximum absolute atomic E-state index is 12.2. The van der Waals surface area contributed by atoms with E-state index in [1.165, 1.54) is 11.1 Å². The molecule has 0 spiro atoms. The third kappa shape index (κ3) is 3.06. The molecule has 0 bridgehead atoms. The van der Waals surface area contributed by atoms with Gasteiger partial charge in [0.15, 0.2) is 5.76 Å². The fraction of sp³-hybridized carbons (Fsp3) is 0.444. The van der Waals surface area contributed by atoms with E-state index in [2.05, 4.69) is 37.2 Å². The average Bonchev–Trinajstić information content (AvgIpc) is 3.24. The van der Waals surface area contributed by atoms with Gasteiger partial charge in [-0.15, -0.1) is 0 Å². The summed E-state index contributed by atoms with van der Waals surface area (Å²) in [5.74, 6) is 1.26. The number of carbonyl (C=O) groups is 1. The summed E-state index contributed by atoms with van der Waals surface area (Å²) < 4.78 is 5.48. The summed E-state index contributed by atoms with van der Waals surface area (Å²) in [6.45, 7) is 7.39. The Hall–Kier alpha value is -2.10. The van der Waals surface area contributed by atoms with Gasteiger partial charge in [0.05, 0.1) is 6.54 Å². The third-order valence-corrected chi connectivity index (χ3v) is 4.18. The second kappa shape index (κ2) is 5.95. The van der Waals surface area contributed by atoms with Crippen LogP contribution >= 0.6 is 0 Å². The molecule has 1 aromatic heterocycles. The van der Waals surface area contributed by atoms with Crippen LogP contribution in [0.25, 0.3) is 11.3 Å². The summed E-state index contributed by atoms with van der Waals surface area (Å²) in [5.41, 5.74) is 4.27. The molecule has 0 unspecified atom stereocenters. The van der Waals surface area contributed by atoms with Gasteiger partial charge >= 0.3 is 0 Å². The Morgan fingerprint density at radius 2 is 2.09 bits per heavy atom. The van der Waals surface area contributed by atoms with E-state index in [-0.39, 0.29) is 11.8 Å². The fourth-order valence-corrected chi connectivity index (χ4v) is 2.73. The van der Waals surface area contributed by atoms with Crippen LogP contribution in [0.1, 0.15) is 36.6 Å². The van der Waals surface area contributed by atoms with Crippen LogP contribution in [0, 0.1) is 19.8 Å². The van der Waals surface area contributed by atoms with Crippen LogP contribution in [0.15, 0.2) is 28.8 Å². The maximum atomic E-state index is 12.2. The molecule has 0 aliphatic heterocycles. The smallest absolute Gasteiger partial charge is 0.226 e. The number of benzene rings is 1. The second-order valence-corrected chi connectivity index (χ2v) is 6.13. The summed E-state index contributed by atoms with van der Waals surface area (Å²) in [6, 6.07) is 8.20. The molecule has 0 saturated heterocycles. The van der Waals surface area contributed by atoms with E-state index in [1.54, 1.807) is 0 Å².